The fourth-order valence-electron chi connectivity index (χ4n) is 2.14. The summed E-state index contributed by atoms with van der Waals surface area (Å²) in [4.78, 5) is 13.6. The van der Waals surface area contributed by atoms with E-state index in [0.717, 1.165) is 12.1 Å². The zero-order valence-electron chi connectivity index (χ0n) is 11.5. The van der Waals surface area contributed by atoms with Crippen LogP contribution in [0.15, 0.2) is 48.5 Å². The molecule has 0 spiro atoms. The van der Waals surface area contributed by atoms with E-state index in [4.69, 9.17) is 9.84 Å². The lowest BCUT2D eigenvalue weighted by Crippen LogP contribution is -2.03. The van der Waals surface area contributed by atoms with E-state index in [2.05, 4.69) is 4.98 Å². The molecule has 118 valence electrons. The third kappa shape index (κ3) is 3.13. The summed E-state index contributed by atoms with van der Waals surface area (Å²) in [7, 11) is 0. The summed E-state index contributed by atoms with van der Waals surface area (Å²) in [5, 5.41) is 9.56. The number of hydrogen-bond donors (Lipinski definition) is 2. The van der Waals surface area contributed by atoms with E-state index in [-0.39, 0.29) is 11.4 Å². The predicted octanol–water partition coefficient (Wildman–Crippen LogP) is 4.68. The second-order valence-corrected chi connectivity index (χ2v) is 4.86. The maximum atomic E-state index is 12.5. The van der Waals surface area contributed by atoms with E-state index in [1.165, 1.54) is 18.2 Å². The average Bonchev–Trinajstić information content (AvgIpc) is 2.90. The first-order chi connectivity index (χ1) is 10.8. The van der Waals surface area contributed by atoms with E-state index in [1.807, 2.05) is 0 Å². The molecule has 3 aromatic rings. The molecule has 0 bridgehead atoms. The highest BCUT2D eigenvalue weighted by Crippen LogP contribution is 2.32. The molecule has 0 aliphatic heterocycles. The van der Waals surface area contributed by atoms with Gasteiger partial charge in [-0.1, -0.05) is 0 Å². The van der Waals surface area contributed by atoms with Crippen molar-refractivity contribution in [2.45, 2.75) is 6.18 Å². The number of carbonyl (C=O) groups is 1. The fraction of sp³-hybridized carbons (Fsp3) is 0.0625. The Morgan fingerprint density at radius 3 is 2.26 bits per heavy atom. The van der Waals surface area contributed by atoms with E-state index < -0.39 is 17.7 Å². The van der Waals surface area contributed by atoms with Crippen LogP contribution in [0.25, 0.3) is 10.9 Å². The Kier molecular flexibility index (Phi) is 3.48. The van der Waals surface area contributed by atoms with Crippen molar-refractivity contribution >= 4 is 16.9 Å². The fourth-order valence-corrected chi connectivity index (χ4v) is 2.14. The van der Waals surface area contributed by atoms with Crippen molar-refractivity contribution < 1.29 is 27.8 Å². The van der Waals surface area contributed by atoms with Gasteiger partial charge in [-0.15, -0.1) is 0 Å². The van der Waals surface area contributed by atoms with Gasteiger partial charge in [0.25, 0.3) is 0 Å². The van der Waals surface area contributed by atoms with Crippen molar-refractivity contribution in [3.63, 3.8) is 0 Å². The van der Waals surface area contributed by atoms with Gasteiger partial charge in [0.05, 0.1) is 5.56 Å². The lowest BCUT2D eigenvalue weighted by atomic mass is 10.2. The molecule has 4 nitrogen and oxygen atoms in total. The molecule has 1 heterocycles. The number of nitrogens with one attached hydrogen (secondary N) is 1. The lowest BCUT2D eigenvalue weighted by Gasteiger charge is -2.09. The summed E-state index contributed by atoms with van der Waals surface area (Å²) in [6.07, 6.45) is -4.39. The SMILES string of the molecule is O=C(O)c1cc2cc(Oc3ccc(C(F)(F)F)cc3)ccc2[nH]1. The van der Waals surface area contributed by atoms with Gasteiger partial charge in [0.2, 0.25) is 0 Å². The topological polar surface area (TPSA) is 62.3 Å². The highest BCUT2D eigenvalue weighted by molar-refractivity contribution is 5.94. The van der Waals surface area contributed by atoms with Crippen LogP contribution in [0.2, 0.25) is 0 Å². The van der Waals surface area contributed by atoms with E-state index >= 15 is 0 Å². The van der Waals surface area contributed by atoms with Crippen LogP contribution in [-0.2, 0) is 6.18 Å². The van der Waals surface area contributed by atoms with Gasteiger partial charge in [-0.25, -0.2) is 4.79 Å². The molecule has 2 N–H and O–H groups in total. The minimum absolute atomic E-state index is 0.0479. The number of hydrogen-bond acceptors (Lipinski definition) is 2. The van der Waals surface area contributed by atoms with Crippen LogP contribution < -0.4 is 4.74 Å². The molecule has 0 fully saturated rings. The molecule has 2 aromatic carbocycles. The molecule has 1 aromatic heterocycles. The number of carboxylic acids is 1. The van der Waals surface area contributed by atoms with Crippen molar-refractivity contribution in [1.29, 1.82) is 0 Å². The first kappa shape index (κ1) is 15.0. The molecule has 0 saturated heterocycles. The lowest BCUT2D eigenvalue weighted by molar-refractivity contribution is -0.137. The number of rotatable bonds is 3. The first-order valence-corrected chi connectivity index (χ1v) is 6.54. The van der Waals surface area contributed by atoms with Gasteiger partial charge in [0.15, 0.2) is 0 Å². The Morgan fingerprint density at radius 2 is 1.65 bits per heavy atom. The summed E-state index contributed by atoms with van der Waals surface area (Å²) in [5.74, 6) is -0.425. The van der Waals surface area contributed by atoms with Crippen LogP contribution >= 0.6 is 0 Å². The monoisotopic (exact) mass is 321 g/mol. The van der Waals surface area contributed by atoms with E-state index in [0.29, 0.717) is 16.7 Å². The quantitative estimate of drug-likeness (QED) is 0.736. The minimum Gasteiger partial charge on any atom is -0.477 e. The van der Waals surface area contributed by atoms with Crippen molar-refractivity contribution in [2.75, 3.05) is 0 Å². The van der Waals surface area contributed by atoms with Crippen molar-refractivity contribution in [2.24, 2.45) is 0 Å². The van der Waals surface area contributed by atoms with Crippen LogP contribution in [-0.4, -0.2) is 16.1 Å². The number of ether oxygens (including phenoxy) is 1. The Hall–Kier alpha value is -2.96. The molecular formula is C16H10F3NO3. The van der Waals surface area contributed by atoms with Gasteiger partial charge in [-0.05, 0) is 48.5 Å². The van der Waals surface area contributed by atoms with Crippen LogP contribution in [0.5, 0.6) is 11.5 Å². The Bertz CT molecular complexity index is 866. The summed E-state index contributed by atoms with van der Waals surface area (Å²) in [6.45, 7) is 0. The molecule has 0 saturated carbocycles. The summed E-state index contributed by atoms with van der Waals surface area (Å²) < 4.78 is 43.0. The molecule has 0 atom stereocenters. The predicted molar refractivity (Wildman–Crippen MR) is 76.8 cm³/mol. The smallest absolute Gasteiger partial charge is 0.416 e. The van der Waals surface area contributed by atoms with Gasteiger partial charge in [-0.3, -0.25) is 0 Å². The van der Waals surface area contributed by atoms with Crippen LogP contribution in [0.4, 0.5) is 13.2 Å². The third-order valence-corrected chi connectivity index (χ3v) is 3.24. The zero-order chi connectivity index (χ0) is 16.6. The number of carboxylic acid groups (broad SMARTS) is 1. The van der Waals surface area contributed by atoms with Gasteiger partial charge in [0, 0.05) is 10.9 Å². The summed E-state index contributed by atoms with van der Waals surface area (Å²) in [6, 6.07) is 10.6. The van der Waals surface area contributed by atoms with Gasteiger partial charge in [0.1, 0.15) is 17.2 Å². The Morgan fingerprint density at radius 1 is 1.00 bits per heavy atom. The number of alkyl halides is 3. The van der Waals surface area contributed by atoms with Crippen LogP contribution in [0.1, 0.15) is 16.1 Å². The number of aromatic carboxylic acids is 1. The largest absolute Gasteiger partial charge is 0.477 e. The number of halogens is 3. The molecule has 7 heteroatoms. The summed E-state index contributed by atoms with van der Waals surface area (Å²) in [5.41, 5.74) is -0.0779. The molecule has 0 aliphatic rings. The maximum Gasteiger partial charge on any atom is 0.416 e. The number of benzene rings is 2. The van der Waals surface area contributed by atoms with E-state index in [9.17, 15) is 18.0 Å². The first-order valence-electron chi connectivity index (χ1n) is 6.54. The zero-order valence-corrected chi connectivity index (χ0v) is 11.5. The number of aromatic amines is 1. The molecule has 0 radical (unpaired) electrons. The molecule has 0 unspecified atom stereocenters. The van der Waals surface area contributed by atoms with Gasteiger partial charge < -0.3 is 14.8 Å². The van der Waals surface area contributed by atoms with Crippen molar-refractivity contribution in [3.05, 3.63) is 59.8 Å². The Labute approximate surface area is 128 Å². The second-order valence-electron chi connectivity index (χ2n) is 4.86. The molecule has 3 rings (SSSR count). The molecule has 0 aliphatic carbocycles. The highest BCUT2D eigenvalue weighted by atomic mass is 19.4. The normalized spacial score (nSPS) is 11.6. The Balaban J connectivity index is 1.85. The maximum absolute atomic E-state index is 12.5. The standard InChI is InChI=1S/C16H10F3NO3/c17-16(18,19)10-1-3-11(4-2-10)23-12-5-6-13-9(7-12)8-14(20-13)15(21)22/h1-8,20H,(H,21,22). The third-order valence-electron chi connectivity index (χ3n) is 3.24. The van der Waals surface area contributed by atoms with Crippen molar-refractivity contribution in [3.8, 4) is 11.5 Å². The van der Waals surface area contributed by atoms with Crippen LogP contribution in [0.3, 0.4) is 0 Å². The second kappa shape index (κ2) is 5.35. The number of H-pyrrole nitrogens is 1. The minimum atomic E-state index is -4.39. The summed E-state index contributed by atoms with van der Waals surface area (Å²) >= 11 is 0. The molecular weight excluding hydrogens is 311 g/mol. The van der Waals surface area contributed by atoms with Gasteiger partial charge >= 0.3 is 12.1 Å². The van der Waals surface area contributed by atoms with Crippen LogP contribution in [0, 0.1) is 0 Å². The number of fused-ring (bicyclic) bond motifs is 1. The number of aromatic nitrogens is 1. The molecule has 23 heavy (non-hydrogen) atoms. The van der Waals surface area contributed by atoms with Crippen molar-refractivity contribution in [1.82, 2.24) is 4.98 Å². The van der Waals surface area contributed by atoms with Gasteiger partial charge in [-0.2, -0.15) is 13.2 Å². The average molecular weight is 321 g/mol. The highest BCUT2D eigenvalue weighted by Gasteiger charge is 2.30. The van der Waals surface area contributed by atoms with E-state index in [1.54, 1.807) is 18.2 Å². The molecule has 0 amide bonds.